The summed E-state index contributed by atoms with van der Waals surface area (Å²) in [5.41, 5.74) is 2.78. The number of rotatable bonds is 3. The smallest absolute Gasteiger partial charge is 0.243 e. The largest absolute Gasteiger partial charge is 0.422 e. The minimum Gasteiger partial charge on any atom is -0.422 e. The number of hydrogen-bond acceptors (Lipinski definition) is 4. The Morgan fingerprint density at radius 1 is 1.41 bits per heavy atom. The number of fused-ring (bicyclic) bond motifs is 1. The third kappa shape index (κ3) is 2.36. The molecule has 0 radical (unpaired) electrons. The zero-order chi connectivity index (χ0) is 15.7. The van der Waals surface area contributed by atoms with E-state index in [0.29, 0.717) is 10.9 Å². The Balaban J connectivity index is 2.16. The summed E-state index contributed by atoms with van der Waals surface area (Å²) in [6, 6.07) is 9.57. The number of nitrogens with one attached hydrogen (secondary N) is 2. The lowest BCUT2D eigenvalue weighted by molar-refractivity contribution is 0.436. The van der Waals surface area contributed by atoms with Gasteiger partial charge in [0.15, 0.2) is 0 Å². The maximum absolute atomic E-state index is 9.50. The number of H-pyrrole nitrogens is 1. The quantitative estimate of drug-likeness (QED) is 0.906. The monoisotopic (exact) mass is 314 g/mol. The first-order chi connectivity index (χ1) is 10.7. The van der Waals surface area contributed by atoms with Gasteiger partial charge in [0.1, 0.15) is 5.92 Å². The second kappa shape index (κ2) is 5.82. The molecule has 0 aliphatic carbocycles. The van der Waals surface area contributed by atoms with E-state index in [-0.39, 0.29) is 11.8 Å². The maximum atomic E-state index is 9.50. The molecule has 1 aliphatic rings. The molecule has 5 nitrogen and oxygen atoms in total. The van der Waals surface area contributed by atoms with Gasteiger partial charge in [0.2, 0.25) is 11.8 Å². The second-order valence-corrected chi connectivity index (χ2v) is 5.71. The van der Waals surface area contributed by atoms with Crippen molar-refractivity contribution in [3.8, 4) is 11.9 Å². The predicted octanol–water partition coefficient (Wildman–Crippen LogP) is 3.66. The predicted molar refractivity (Wildman–Crippen MR) is 83.3 cm³/mol. The highest BCUT2D eigenvalue weighted by Gasteiger charge is 2.40. The molecule has 112 valence electrons. The van der Waals surface area contributed by atoms with Gasteiger partial charge in [-0.15, -0.1) is 5.10 Å². The average Bonchev–Trinajstić information content (AvgIpc) is 2.90. The van der Waals surface area contributed by atoms with Crippen LogP contribution in [0.1, 0.15) is 36.1 Å². The fourth-order valence-electron chi connectivity index (χ4n) is 2.85. The summed E-state index contributed by atoms with van der Waals surface area (Å²) in [5.74, 6) is -0.593. The van der Waals surface area contributed by atoms with Gasteiger partial charge in [-0.2, -0.15) is 5.26 Å². The molecular weight excluding hydrogens is 300 g/mol. The molecular formula is C16H15ClN4O. The number of aromatic amines is 1. The first-order valence-corrected chi connectivity index (χ1v) is 7.52. The van der Waals surface area contributed by atoms with E-state index >= 15 is 0 Å². The standard InChI is InChI=1S/C16H15ClN4O/c1-2-3-12-14-13(9-4-6-10(17)7-5-9)11(8-18)15(19)22-16(14)21-20-12/h4-7,11,13,19H,2-3H2,1H3,(H,20,21). The van der Waals surface area contributed by atoms with Gasteiger partial charge in [0, 0.05) is 22.2 Å². The highest BCUT2D eigenvalue weighted by Crippen LogP contribution is 2.43. The first kappa shape index (κ1) is 14.6. The number of benzene rings is 1. The fourth-order valence-corrected chi connectivity index (χ4v) is 2.98. The van der Waals surface area contributed by atoms with Crippen LogP contribution in [0.15, 0.2) is 24.3 Å². The molecule has 22 heavy (non-hydrogen) atoms. The molecule has 1 aromatic carbocycles. The second-order valence-electron chi connectivity index (χ2n) is 5.27. The number of nitrogens with zero attached hydrogens (tertiary/aromatic N) is 2. The molecule has 0 saturated carbocycles. The summed E-state index contributed by atoms with van der Waals surface area (Å²) < 4.78 is 5.43. The van der Waals surface area contributed by atoms with Crippen LogP contribution in [0.5, 0.6) is 5.88 Å². The average molecular weight is 315 g/mol. The molecule has 0 saturated heterocycles. The Morgan fingerprint density at radius 3 is 2.77 bits per heavy atom. The van der Waals surface area contributed by atoms with Crippen LogP contribution < -0.4 is 4.74 Å². The van der Waals surface area contributed by atoms with Gasteiger partial charge < -0.3 is 4.74 Å². The fraction of sp³-hybridized carbons (Fsp3) is 0.312. The van der Waals surface area contributed by atoms with Crippen molar-refractivity contribution in [2.24, 2.45) is 5.92 Å². The topological polar surface area (TPSA) is 85.5 Å². The van der Waals surface area contributed by atoms with Crippen molar-refractivity contribution < 1.29 is 4.74 Å². The van der Waals surface area contributed by atoms with Crippen LogP contribution in [0, 0.1) is 22.7 Å². The molecule has 0 amide bonds. The Labute approximate surface area is 133 Å². The van der Waals surface area contributed by atoms with Crippen LogP contribution in [0.3, 0.4) is 0 Å². The van der Waals surface area contributed by atoms with Crippen molar-refractivity contribution >= 4 is 17.5 Å². The van der Waals surface area contributed by atoms with Crippen molar-refractivity contribution in [2.45, 2.75) is 25.7 Å². The Bertz CT molecular complexity index is 744. The van der Waals surface area contributed by atoms with Crippen molar-refractivity contribution in [2.75, 3.05) is 0 Å². The summed E-state index contributed by atoms with van der Waals surface area (Å²) in [6.45, 7) is 2.08. The number of aryl methyl sites for hydroxylation is 1. The van der Waals surface area contributed by atoms with Crippen LogP contribution in [0.25, 0.3) is 0 Å². The number of halogens is 1. The molecule has 2 heterocycles. The summed E-state index contributed by atoms with van der Waals surface area (Å²) in [4.78, 5) is 0. The number of hydrogen-bond donors (Lipinski definition) is 2. The summed E-state index contributed by atoms with van der Waals surface area (Å²) in [5, 5.41) is 25.3. The summed E-state index contributed by atoms with van der Waals surface area (Å²) in [6.07, 6.45) is 1.78. The van der Waals surface area contributed by atoms with Gasteiger partial charge in [-0.25, -0.2) is 0 Å². The van der Waals surface area contributed by atoms with Crippen LogP contribution in [0.4, 0.5) is 0 Å². The molecule has 0 spiro atoms. The molecule has 3 rings (SSSR count). The maximum Gasteiger partial charge on any atom is 0.243 e. The van der Waals surface area contributed by atoms with E-state index in [0.717, 1.165) is 29.7 Å². The van der Waals surface area contributed by atoms with Crippen LogP contribution >= 0.6 is 11.6 Å². The number of aromatic nitrogens is 2. The van der Waals surface area contributed by atoms with Crippen LogP contribution in [-0.2, 0) is 6.42 Å². The number of ether oxygens (including phenoxy) is 1. The van der Waals surface area contributed by atoms with E-state index < -0.39 is 5.92 Å². The molecule has 0 bridgehead atoms. The summed E-state index contributed by atoms with van der Waals surface area (Å²) >= 11 is 5.96. The minimum absolute atomic E-state index is 0.0653. The van der Waals surface area contributed by atoms with Gasteiger partial charge in [-0.1, -0.05) is 37.1 Å². The molecule has 2 atom stereocenters. The van der Waals surface area contributed by atoms with Crippen LogP contribution in [-0.4, -0.2) is 16.1 Å². The van der Waals surface area contributed by atoms with E-state index in [4.69, 9.17) is 21.7 Å². The third-order valence-corrected chi connectivity index (χ3v) is 4.10. The lowest BCUT2D eigenvalue weighted by Gasteiger charge is -2.28. The normalized spacial score (nSPS) is 20.1. The van der Waals surface area contributed by atoms with Gasteiger partial charge in [0.05, 0.1) is 6.07 Å². The van der Waals surface area contributed by atoms with Crippen molar-refractivity contribution in [1.29, 1.82) is 10.7 Å². The van der Waals surface area contributed by atoms with Crippen LogP contribution in [0.2, 0.25) is 5.02 Å². The van der Waals surface area contributed by atoms with Crippen molar-refractivity contribution in [3.63, 3.8) is 0 Å². The molecule has 2 aromatic rings. The Kier molecular flexibility index (Phi) is 3.86. The van der Waals surface area contributed by atoms with Crippen molar-refractivity contribution in [1.82, 2.24) is 10.2 Å². The van der Waals surface area contributed by atoms with E-state index in [2.05, 4.69) is 23.2 Å². The highest BCUT2D eigenvalue weighted by molar-refractivity contribution is 6.30. The number of nitriles is 1. The zero-order valence-electron chi connectivity index (χ0n) is 12.1. The lowest BCUT2D eigenvalue weighted by Crippen LogP contribution is -2.31. The molecule has 0 fully saturated rings. The van der Waals surface area contributed by atoms with Gasteiger partial charge >= 0.3 is 0 Å². The SMILES string of the molecule is CCCc1[nH]nc2c1C(c1ccc(Cl)cc1)C(C#N)C(=N)O2. The highest BCUT2D eigenvalue weighted by atomic mass is 35.5. The lowest BCUT2D eigenvalue weighted by atomic mass is 9.79. The Hall–Kier alpha value is -2.32. The van der Waals surface area contributed by atoms with E-state index in [1.54, 1.807) is 12.1 Å². The van der Waals surface area contributed by atoms with Gasteiger partial charge in [0.25, 0.3) is 0 Å². The van der Waals surface area contributed by atoms with Crippen molar-refractivity contribution in [3.05, 3.63) is 46.1 Å². The zero-order valence-corrected chi connectivity index (χ0v) is 12.8. The first-order valence-electron chi connectivity index (χ1n) is 7.14. The minimum atomic E-state index is -0.665. The van der Waals surface area contributed by atoms with Gasteiger partial charge in [-0.3, -0.25) is 10.5 Å². The molecule has 6 heteroatoms. The van der Waals surface area contributed by atoms with Gasteiger partial charge in [-0.05, 0) is 24.1 Å². The third-order valence-electron chi connectivity index (χ3n) is 3.85. The van der Waals surface area contributed by atoms with E-state index in [1.807, 2.05) is 12.1 Å². The molecule has 2 N–H and O–H groups in total. The summed E-state index contributed by atoms with van der Waals surface area (Å²) in [7, 11) is 0. The Morgan fingerprint density at radius 2 is 2.14 bits per heavy atom. The van der Waals surface area contributed by atoms with E-state index in [1.165, 1.54) is 0 Å². The molecule has 2 unspecified atom stereocenters. The molecule has 1 aliphatic heterocycles. The molecule has 1 aromatic heterocycles. The van der Waals surface area contributed by atoms with E-state index in [9.17, 15) is 5.26 Å².